The molecule has 0 radical (unpaired) electrons. The molecule has 0 saturated carbocycles. The number of carbonyl (C=O) groups excluding carboxylic acids is 1. The first-order valence-corrected chi connectivity index (χ1v) is 9.24. The lowest BCUT2D eigenvalue weighted by atomic mass is 10.2. The van der Waals surface area contributed by atoms with Crippen molar-refractivity contribution in [3.8, 4) is 0 Å². The molecular formula is C21H17F3N2OS. The fraction of sp³-hybridized carbons (Fsp3) is 0.143. The summed E-state index contributed by atoms with van der Waals surface area (Å²) in [5.41, 5.74) is 1.74. The molecule has 0 spiro atoms. The van der Waals surface area contributed by atoms with Crippen LogP contribution in [-0.2, 0) is 6.18 Å². The highest BCUT2D eigenvalue weighted by Gasteiger charge is 2.30. The lowest BCUT2D eigenvalue weighted by molar-refractivity contribution is -0.137. The molecule has 0 unspecified atom stereocenters. The Labute approximate surface area is 165 Å². The molecule has 1 N–H and O–H groups in total. The van der Waals surface area contributed by atoms with Crippen LogP contribution in [0.25, 0.3) is 0 Å². The molecule has 144 valence electrons. The molecule has 0 aliphatic rings. The summed E-state index contributed by atoms with van der Waals surface area (Å²) in [6.45, 7) is 3.97. The van der Waals surface area contributed by atoms with Gasteiger partial charge in [0.25, 0.3) is 5.91 Å². The Hall–Kier alpha value is -2.80. The molecule has 0 fully saturated rings. The van der Waals surface area contributed by atoms with Gasteiger partial charge in [-0.1, -0.05) is 35.5 Å². The molecule has 0 aliphatic heterocycles. The summed E-state index contributed by atoms with van der Waals surface area (Å²) in [5, 5.41) is 3.01. The number of nitrogens with zero attached hydrogens (tertiary/aromatic N) is 1. The minimum absolute atomic E-state index is 0.0751. The molecule has 1 amide bonds. The maximum absolute atomic E-state index is 12.9. The number of rotatable bonds is 4. The van der Waals surface area contributed by atoms with E-state index in [9.17, 15) is 18.0 Å². The van der Waals surface area contributed by atoms with E-state index in [0.29, 0.717) is 10.6 Å². The van der Waals surface area contributed by atoms with Crippen LogP contribution in [0.3, 0.4) is 0 Å². The van der Waals surface area contributed by atoms with Crippen LogP contribution in [0.4, 0.5) is 18.9 Å². The fourth-order valence-electron chi connectivity index (χ4n) is 2.63. The highest BCUT2D eigenvalue weighted by atomic mass is 32.2. The molecular weight excluding hydrogens is 385 g/mol. The van der Waals surface area contributed by atoms with E-state index < -0.39 is 17.6 Å². The van der Waals surface area contributed by atoms with E-state index in [0.717, 1.165) is 28.2 Å². The Bertz CT molecular complexity index is 1020. The van der Waals surface area contributed by atoms with Crippen molar-refractivity contribution in [2.45, 2.75) is 29.9 Å². The van der Waals surface area contributed by atoms with E-state index >= 15 is 0 Å². The number of pyridine rings is 1. The molecule has 0 bridgehead atoms. The largest absolute Gasteiger partial charge is 0.416 e. The minimum atomic E-state index is -4.47. The van der Waals surface area contributed by atoms with Gasteiger partial charge in [0.05, 0.1) is 11.1 Å². The monoisotopic (exact) mass is 402 g/mol. The first kappa shape index (κ1) is 19.9. The first-order chi connectivity index (χ1) is 13.2. The Balaban J connectivity index is 1.85. The second-order valence-electron chi connectivity index (χ2n) is 6.26. The number of halogens is 3. The van der Waals surface area contributed by atoms with Crippen molar-refractivity contribution >= 4 is 23.4 Å². The van der Waals surface area contributed by atoms with Gasteiger partial charge in [-0.2, -0.15) is 13.2 Å². The van der Waals surface area contributed by atoms with Crippen molar-refractivity contribution in [1.82, 2.24) is 4.98 Å². The molecule has 0 atom stereocenters. The van der Waals surface area contributed by atoms with E-state index in [2.05, 4.69) is 10.3 Å². The van der Waals surface area contributed by atoms with E-state index in [-0.39, 0.29) is 5.69 Å². The quantitative estimate of drug-likeness (QED) is 0.572. The standard InChI is InChI=1S/C21H17F3N2OS/c1-13-8-9-18(14(2)11-13)28-20-17(7-4-10-25-20)19(27)26-16-6-3-5-15(12-16)21(22,23)24/h3-12H,1-2H3,(H,26,27). The molecule has 28 heavy (non-hydrogen) atoms. The number of amides is 1. The van der Waals surface area contributed by atoms with Gasteiger partial charge >= 0.3 is 6.18 Å². The van der Waals surface area contributed by atoms with E-state index in [4.69, 9.17) is 0 Å². The summed E-state index contributed by atoms with van der Waals surface area (Å²) in [7, 11) is 0. The third kappa shape index (κ3) is 4.72. The van der Waals surface area contributed by atoms with Gasteiger partial charge in [0, 0.05) is 16.8 Å². The van der Waals surface area contributed by atoms with Gasteiger partial charge in [-0.25, -0.2) is 4.98 Å². The van der Waals surface area contributed by atoms with Crippen molar-refractivity contribution < 1.29 is 18.0 Å². The number of anilines is 1. The number of hydrogen-bond donors (Lipinski definition) is 1. The summed E-state index contributed by atoms with van der Waals surface area (Å²) in [4.78, 5) is 17.9. The number of nitrogens with one attached hydrogen (secondary N) is 1. The summed E-state index contributed by atoms with van der Waals surface area (Å²) in [6, 6.07) is 13.7. The Kier molecular flexibility index (Phi) is 5.74. The highest BCUT2D eigenvalue weighted by Crippen LogP contribution is 2.33. The molecule has 3 aromatic rings. The normalized spacial score (nSPS) is 11.3. The van der Waals surface area contributed by atoms with Gasteiger partial charge in [-0.05, 0) is 55.8 Å². The van der Waals surface area contributed by atoms with Gasteiger partial charge in [0.15, 0.2) is 0 Å². The molecule has 7 heteroatoms. The maximum atomic E-state index is 12.9. The van der Waals surface area contributed by atoms with E-state index in [1.165, 1.54) is 23.9 Å². The maximum Gasteiger partial charge on any atom is 0.416 e. The topological polar surface area (TPSA) is 42.0 Å². The molecule has 0 saturated heterocycles. The summed E-state index contributed by atoms with van der Waals surface area (Å²) in [6.07, 6.45) is -2.90. The number of benzene rings is 2. The number of carbonyl (C=O) groups is 1. The van der Waals surface area contributed by atoms with Crippen molar-refractivity contribution in [3.63, 3.8) is 0 Å². The third-order valence-corrected chi connectivity index (χ3v) is 5.20. The van der Waals surface area contributed by atoms with Gasteiger partial charge in [-0.15, -0.1) is 0 Å². The third-order valence-electron chi connectivity index (χ3n) is 4.00. The number of aromatic nitrogens is 1. The van der Waals surface area contributed by atoms with Crippen LogP contribution in [0.2, 0.25) is 0 Å². The number of aryl methyl sites for hydroxylation is 2. The zero-order valence-corrected chi connectivity index (χ0v) is 16.0. The van der Waals surface area contributed by atoms with Crippen molar-refractivity contribution in [1.29, 1.82) is 0 Å². The van der Waals surface area contributed by atoms with Gasteiger partial charge in [-0.3, -0.25) is 4.79 Å². The Morgan fingerprint density at radius 3 is 2.54 bits per heavy atom. The van der Waals surface area contributed by atoms with Crippen LogP contribution in [0.5, 0.6) is 0 Å². The second kappa shape index (κ2) is 8.06. The number of hydrogen-bond acceptors (Lipinski definition) is 3. The van der Waals surface area contributed by atoms with Crippen molar-refractivity contribution in [2.75, 3.05) is 5.32 Å². The molecule has 2 aromatic carbocycles. The molecule has 1 aromatic heterocycles. The predicted octanol–water partition coefficient (Wildman–Crippen LogP) is 6.12. The smallest absolute Gasteiger partial charge is 0.322 e. The lowest BCUT2D eigenvalue weighted by Gasteiger charge is -2.12. The summed E-state index contributed by atoms with van der Waals surface area (Å²) >= 11 is 1.34. The molecule has 3 nitrogen and oxygen atoms in total. The van der Waals surface area contributed by atoms with Gasteiger partial charge < -0.3 is 5.32 Å². The zero-order chi connectivity index (χ0) is 20.3. The summed E-state index contributed by atoms with van der Waals surface area (Å²) in [5.74, 6) is -0.514. The van der Waals surface area contributed by atoms with Crippen LogP contribution in [0.1, 0.15) is 27.0 Å². The van der Waals surface area contributed by atoms with Gasteiger partial charge in [0.1, 0.15) is 5.03 Å². The molecule has 3 rings (SSSR count). The van der Waals surface area contributed by atoms with E-state index in [1.54, 1.807) is 18.3 Å². The highest BCUT2D eigenvalue weighted by molar-refractivity contribution is 7.99. The van der Waals surface area contributed by atoms with Crippen LogP contribution in [0.15, 0.2) is 70.7 Å². The SMILES string of the molecule is Cc1ccc(Sc2ncccc2C(=O)Nc2cccc(C(F)(F)F)c2)c(C)c1. The fourth-order valence-corrected chi connectivity index (χ4v) is 3.58. The minimum Gasteiger partial charge on any atom is -0.322 e. The molecule has 1 heterocycles. The first-order valence-electron chi connectivity index (χ1n) is 8.43. The number of alkyl halides is 3. The van der Waals surface area contributed by atoms with Crippen LogP contribution in [0, 0.1) is 13.8 Å². The van der Waals surface area contributed by atoms with Crippen LogP contribution < -0.4 is 5.32 Å². The van der Waals surface area contributed by atoms with Crippen LogP contribution in [-0.4, -0.2) is 10.9 Å². The van der Waals surface area contributed by atoms with Crippen molar-refractivity contribution in [3.05, 3.63) is 83.0 Å². The average molecular weight is 402 g/mol. The Morgan fingerprint density at radius 1 is 1.04 bits per heavy atom. The predicted molar refractivity (Wildman–Crippen MR) is 104 cm³/mol. The van der Waals surface area contributed by atoms with E-state index in [1.807, 2.05) is 32.0 Å². The van der Waals surface area contributed by atoms with Gasteiger partial charge in [0.2, 0.25) is 0 Å². The lowest BCUT2D eigenvalue weighted by Crippen LogP contribution is -2.14. The van der Waals surface area contributed by atoms with Crippen molar-refractivity contribution in [2.24, 2.45) is 0 Å². The summed E-state index contributed by atoms with van der Waals surface area (Å²) < 4.78 is 38.6. The average Bonchev–Trinajstić information content (AvgIpc) is 2.64. The Morgan fingerprint density at radius 2 is 1.82 bits per heavy atom. The zero-order valence-electron chi connectivity index (χ0n) is 15.2. The second-order valence-corrected chi connectivity index (χ2v) is 7.29. The molecule has 0 aliphatic carbocycles. The van der Waals surface area contributed by atoms with Crippen LogP contribution >= 0.6 is 11.8 Å².